The number of nitrogens with zero attached hydrogens (tertiary/aromatic N) is 3. The summed E-state index contributed by atoms with van der Waals surface area (Å²) in [6.07, 6.45) is 12.5. The summed E-state index contributed by atoms with van der Waals surface area (Å²) in [5, 5.41) is 35.7. The van der Waals surface area contributed by atoms with Crippen LogP contribution in [0.2, 0.25) is 0 Å². The van der Waals surface area contributed by atoms with E-state index in [0.29, 0.717) is 12.8 Å². The van der Waals surface area contributed by atoms with E-state index < -0.39 is 35.3 Å². The predicted molar refractivity (Wildman–Crippen MR) is 188 cm³/mol. The van der Waals surface area contributed by atoms with Crippen LogP contribution < -0.4 is 11.5 Å². The van der Waals surface area contributed by atoms with Crippen molar-refractivity contribution in [3.63, 3.8) is 0 Å². The Hall–Kier alpha value is -3.47. The van der Waals surface area contributed by atoms with Gasteiger partial charge >= 0.3 is 0 Å². The standard InChI is InChI=1S/C37H57N5O5/c1-6-8-10-12-14-18-22-36(46,23-19-15-13-11-9-7-2)24-27(5)31(44)37(47,25-30(43)26(3)4)32(45)28-20-16-17-21-29(28)33-40-34(38)42-35(39)41-33/h16-17,20-21,24,32,45-47H,3,6-15,18-19,22-23,25H2,1-2,4-5H3,(H4,38,39,40,41,42)/b27-24+. The molecule has 0 amide bonds. The summed E-state index contributed by atoms with van der Waals surface area (Å²) in [5.41, 5.74) is 8.22. The van der Waals surface area contributed by atoms with Gasteiger partial charge in [-0.05, 0) is 49.5 Å². The highest BCUT2D eigenvalue weighted by Crippen LogP contribution is 2.38. The van der Waals surface area contributed by atoms with Gasteiger partial charge in [0, 0.05) is 12.0 Å². The van der Waals surface area contributed by atoms with E-state index in [2.05, 4.69) is 35.4 Å². The van der Waals surface area contributed by atoms with Gasteiger partial charge in [0.15, 0.2) is 23.0 Å². The predicted octanol–water partition coefficient (Wildman–Crippen LogP) is 6.75. The first kappa shape index (κ1) is 39.7. The van der Waals surface area contributed by atoms with Gasteiger partial charge in [-0.25, -0.2) is 0 Å². The zero-order valence-electron chi connectivity index (χ0n) is 28.9. The van der Waals surface area contributed by atoms with Crippen molar-refractivity contribution in [3.05, 3.63) is 53.6 Å². The summed E-state index contributed by atoms with van der Waals surface area (Å²) >= 11 is 0. The molecular weight excluding hydrogens is 594 g/mol. The number of rotatable bonds is 23. The third kappa shape index (κ3) is 12.2. The molecule has 10 nitrogen and oxygen atoms in total. The second-order valence-electron chi connectivity index (χ2n) is 13.0. The first-order chi connectivity index (χ1) is 22.3. The molecule has 1 heterocycles. The Kier molecular flexibility index (Phi) is 16.4. The lowest BCUT2D eigenvalue weighted by molar-refractivity contribution is -0.152. The van der Waals surface area contributed by atoms with Crippen molar-refractivity contribution in [1.82, 2.24) is 15.0 Å². The number of Topliss-reactive ketones (excluding diaryl/α,β-unsaturated/α-hetero) is 2. The number of aromatic nitrogens is 3. The average Bonchev–Trinajstić information content (AvgIpc) is 3.03. The van der Waals surface area contributed by atoms with Crippen LogP contribution >= 0.6 is 0 Å². The Bertz CT molecular complexity index is 1320. The molecule has 0 fully saturated rings. The van der Waals surface area contributed by atoms with Gasteiger partial charge in [0.05, 0.1) is 5.60 Å². The second-order valence-corrected chi connectivity index (χ2v) is 13.0. The van der Waals surface area contributed by atoms with Crippen LogP contribution in [0.4, 0.5) is 11.9 Å². The number of nitrogen functional groups attached to an aromatic ring is 2. The smallest absolute Gasteiger partial charge is 0.225 e. The SMILES string of the molecule is C=C(C)C(=O)CC(O)(C(=O)/C(C)=C/C(O)(CCCCCCCC)CCCCCCCC)C(O)c1ccccc1-c1nc(N)nc(N)n1. The third-order valence-corrected chi connectivity index (χ3v) is 8.69. The molecule has 0 aliphatic carbocycles. The van der Waals surface area contributed by atoms with Crippen molar-refractivity contribution < 1.29 is 24.9 Å². The number of unbranched alkanes of at least 4 members (excludes halogenated alkanes) is 10. The number of hydrogen-bond acceptors (Lipinski definition) is 10. The Morgan fingerprint density at radius 1 is 0.830 bits per heavy atom. The summed E-state index contributed by atoms with van der Waals surface area (Å²) in [6, 6.07) is 6.37. The quantitative estimate of drug-likeness (QED) is 0.0635. The summed E-state index contributed by atoms with van der Waals surface area (Å²) in [4.78, 5) is 39.2. The summed E-state index contributed by atoms with van der Waals surface area (Å²) in [6.45, 7) is 11.0. The Morgan fingerprint density at radius 2 is 1.32 bits per heavy atom. The minimum absolute atomic E-state index is 0.0326. The first-order valence-electron chi connectivity index (χ1n) is 17.2. The number of aliphatic hydroxyl groups is 3. The molecule has 2 unspecified atom stereocenters. The van der Waals surface area contributed by atoms with Gasteiger partial charge in [0.2, 0.25) is 11.9 Å². The van der Waals surface area contributed by atoms with Crippen LogP contribution in [0.25, 0.3) is 11.4 Å². The van der Waals surface area contributed by atoms with Crippen LogP contribution in [0.3, 0.4) is 0 Å². The Balaban J connectivity index is 2.49. The van der Waals surface area contributed by atoms with Gasteiger partial charge in [0.25, 0.3) is 0 Å². The van der Waals surface area contributed by atoms with E-state index in [1.165, 1.54) is 38.8 Å². The second kappa shape index (κ2) is 19.4. The molecule has 2 aromatic rings. The van der Waals surface area contributed by atoms with Crippen molar-refractivity contribution in [3.8, 4) is 11.4 Å². The maximum absolute atomic E-state index is 14.2. The molecule has 0 spiro atoms. The fraction of sp³-hybridized carbons (Fsp3) is 0.595. The van der Waals surface area contributed by atoms with Crippen molar-refractivity contribution in [2.24, 2.45) is 0 Å². The van der Waals surface area contributed by atoms with E-state index in [1.807, 2.05) is 0 Å². The minimum atomic E-state index is -2.60. The van der Waals surface area contributed by atoms with Gasteiger partial charge in [-0.2, -0.15) is 15.0 Å². The molecule has 2 atom stereocenters. The van der Waals surface area contributed by atoms with Crippen LogP contribution in [-0.4, -0.2) is 53.0 Å². The van der Waals surface area contributed by atoms with Gasteiger partial charge < -0.3 is 26.8 Å². The highest BCUT2D eigenvalue weighted by Gasteiger charge is 2.47. The molecule has 0 aliphatic rings. The molecule has 47 heavy (non-hydrogen) atoms. The van der Waals surface area contributed by atoms with Gasteiger partial charge in [0.1, 0.15) is 6.10 Å². The van der Waals surface area contributed by atoms with Crippen LogP contribution in [0.15, 0.2) is 48.1 Å². The highest BCUT2D eigenvalue weighted by molar-refractivity contribution is 6.07. The summed E-state index contributed by atoms with van der Waals surface area (Å²) in [7, 11) is 0. The van der Waals surface area contributed by atoms with Gasteiger partial charge in [-0.15, -0.1) is 0 Å². The fourth-order valence-corrected chi connectivity index (χ4v) is 5.93. The molecule has 10 heteroatoms. The Morgan fingerprint density at radius 3 is 1.83 bits per heavy atom. The number of anilines is 2. The zero-order chi connectivity index (χ0) is 35.0. The van der Waals surface area contributed by atoms with E-state index in [4.69, 9.17) is 11.5 Å². The number of hydrogen-bond donors (Lipinski definition) is 5. The molecule has 1 aromatic heterocycles. The van der Waals surface area contributed by atoms with Crippen molar-refractivity contribution in [2.75, 3.05) is 11.5 Å². The molecule has 260 valence electrons. The van der Waals surface area contributed by atoms with Gasteiger partial charge in [-0.3, -0.25) is 9.59 Å². The number of benzene rings is 1. The van der Waals surface area contributed by atoms with E-state index in [1.54, 1.807) is 18.2 Å². The maximum atomic E-state index is 14.2. The number of carbonyl (C=O) groups excluding carboxylic acids is 2. The number of carbonyl (C=O) groups is 2. The molecule has 2 rings (SSSR count). The van der Waals surface area contributed by atoms with E-state index in [-0.39, 0.29) is 40.0 Å². The van der Waals surface area contributed by atoms with E-state index in [0.717, 1.165) is 64.2 Å². The minimum Gasteiger partial charge on any atom is -0.386 e. The molecule has 0 saturated heterocycles. The van der Waals surface area contributed by atoms with Crippen LogP contribution in [0.1, 0.15) is 136 Å². The molecule has 0 saturated carbocycles. The lowest BCUT2D eigenvalue weighted by atomic mass is 9.77. The molecule has 0 aliphatic heterocycles. The first-order valence-corrected chi connectivity index (χ1v) is 17.2. The van der Waals surface area contributed by atoms with Crippen LogP contribution in [-0.2, 0) is 9.59 Å². The molecule has 0 bridgehead atoms. The average molecular weight is 652 g/mol. The van der Waals surface area contributed by atoms with Crippen LogP contribution in [0.5, 0.6) is 0 Å². The fourth-order valence-electron chi connectivity index (χ4n) is 5.93. The van der Waals surface area contributed by atoms with Crippen molar-refractivity contribution in [2.45, 2.75) is 141 Å². The number of ketones is 2. The lowest BCUT2D eigenvalue weighted by Gasteiger charge is -2.33. The lowest BCUT2D eigenvalue weighted by Crippen LogP contribution is -2.47. The molecule has 0 radical (unpaired) electrons. The number of nitrogens with two attached hydrogens (primary N) is 2. The van der Waals surface area contributed by atoms with Crippen molar-refractivity contribution >= 4 is 23.5 Å². The molecule has 1 aromatic carbocycles. The monoisotopic (exact) mass is 651 g/mol. The molecular formula is C37H57N5O5. The van der Waals surface area contributed by atoms with E-state index in [9.17, 15) is 24.9 Å². The van der Waals surface area contributed by atoms with E-state index >= 15 is 0 Å². The zero-order valence-corrected chi connectivity index (χ0v) is 28.9. The third-order valence-electron chi connectivity index (χ3n) is 8.69. The number of aliphatic hydroxyl groups excluding tert-OH is 1. The topological polar surface area (TPSA) is 186 Å². The molecule has 7 N–H and O–H groups in total. The highest BCUT2D eigenvalue weighted by atomic mass is 16.4. The van der Waals surface area contributed by atoms with Crippen LogP contribution in [0, 0.1) is 0 Å². The number of allylic oxidation sites excluding steroid dienone is 1. The normalized spacial score (nSPS) is 14.1. The van der Waals surface area contributed by atoms with Crippen molar-refractivity contribution in [1.29, 1.82) is 0 Å². The summed E-state index contributed by atoms with van der Waals surface area (Å²) in [5.74, 6) is -1.71. The Labute approximate surface area is 280 Å². The summed E-state index contributed by atoms with van der Waals surface area (Å²) < 4.78 is 0. The maximum Gasteiger partial charge on any atom is 0.225 e. The van der Waals surface area contributed by atoms with Gasteiger partial charge in [-0.1, -0.05) is 122 Å². The largest absolute Gasteiger partial charge is 0.386 e.